The summed E-state index contributed by atoms with van der Waals surface area (Å²) in [6, 6.07) is 21.1. The number of azo groups is 1. The SMILES string of the molecule is CC(C)(C)CC(C)(C)c1cc(N=Nc2cc(C#N)ccc2Cl)c(O)c(C(C)(C)c2ccccc2)c1. The first-order valence-electron chi connectivity index (χ1n) is 11.8. The highest BCUT2D eigenvalue weighted by Crippen LogP contribution is 2.46. The molecule has 0 aliphatic carbocycles. The second-order valence-corrected chi connectivity index (χ2v) is 11.9. The van der Waals surface area contributed by atoms with E-state index in [-0.39, 0.29) is 16.6 Å². The second kappa shape index (κ2) is 9.84. The van der Waals surface area contributed by atoms with Crippen molar-refractivity contribution in [3.05, 3.63) is 87.9 Å². The zero-order valence-electron chi connectivity index (χ0n) is 21.6. The standard InChI is InChI=1S/C30H34ClN3O/c1-28(2,3)19-29(4,5)22-16-23(30(6,7)21-11-9-8-10-12-21)27(35)26(17-22)34-33-25-15-20(18-32)13-14-24(25)31/h8-17,35H,19H2,1-7H3. The van der Waals surface area contributed by atoms with Crippen molar-refractivity contribution in [2.45, 2.75) is 65.7 Å². The van der Waals surface area contributed by atoms with E-state index in [1.165, 1.54) is 0 Å². The van der Waals surface area contributed by atoms with Gasteiger partial charge in [-0.05, 0) is 52.6 Å². The van der Waals surface area contributed by atoms with Gasteiger partial charge in [0.25, 0.3) is 0 Å². The second-order valence-electron chi connectivity index (χ2n) is 11.5. The number of benzene rings is 3. The highest BCUT2D eigenvalue weighted by Gasteiger charge is 2.33. The molecule has 0 saturated heterocycles. The fourth-order valence-corrected chi connectivity index (χ4v) is 4.92. The van der Waals surface area contributed by atoms with Crippen LogP contribution in [0.4, 0.5) is 11.4 Å². The number of rotatable bonds is 6. The first-order chi connectivity index (χ1) is 16.2. The Morgan fingerprint density at radius 3 is 2.06 bits per heavy atom. The lowest BCUT2D eigenvalue weighted by molar-refractivity contribution is 0.283. The molecule has 3 rings (SSSR count). The topological polar surface area (TPSA) is 68.7 Å². The van der Waals surface area contributed by atoms with Crippen LogP contribution in [0.25, 0.3) is 0 Å². The van der Waals surface area contributed by atoms with Gasteiger partial charge in [0.05, 0.1) is 16.7 Å². The quantitative estimate of drug-likeness (QED) is 0.352. The van der Waals surface area contributed by atoms with Crippen LogP contribution in [0.5, 0.6) is 5.75 Å². The van der Waals surface area contributed by atoms with Crippen molar-refractivity contribution in [3.8, 4) is 11.8 Å². The molecule has 3 aromatic carbocycles. The summed E-state index contributed by atoms with van der Waals surface area (Å²) in [7, 11) is 0. The smallest absolute Gasteiger partial charge is 0.147 e. The molecule has 0 saturated carbocycles. The van der Waals surface area contributed by atoms with E-state index in [1.807, 2.05) is 24.3 Å². The summed E-state index contributed by atoms with van der Waals surface area (Å²) in [4.78, 5) is 0. The van der Waals surface area contributed by atoms with Crippen molar-refractivity contribution < 1.29 is 5.11 Å². The summed E-state index contributed by atoms with van der Waals surface area (Å²) < 4.78 is 0. The Morgan fingerprint density at radius 2 is 1.46 bits per heavy atom. The van der Waals surface area contributed by atoms with Crippen molar-refractivity contribution in [1.29, 1.82) is 5.26 Å². The van der Waals surface area contributed by atoms with Crippen LogP contribution in [0, 0.1) is 16.7 Å². The third kappa shape index (κ3) is 6.10. The van der Waals surface area contributed by atoms with Crippen LogP contribution in [0.2, 0.25) is 5.02 Å². The average Bonchev–Trinajstić information content (AvgIpc) is 2.78. The van der Waals surface area contributed by atoms with Crippen LogP contribution in [0.15, 0.2) is 70.9 Å². The molecule has 0 fully saturated rings. The summed E-state index contributed by atoms with van der Waals surface area (Å²) in [6.07, 6.45) is 0.947. The lowest BCUT2D eigenvalue weighted by Crippen LogP contribution is -2.26. The summed E-state index contributed by atoms with van der Waals surface area (Å²) >= 11 is 6.29. The van der Waals surface area contributed by atoms with E-state index in [9.17, 15) is 10.4 Å². The molecular formula is C30H34ClN3O. The zero-order valence-corrected chi connectivity index (χ0v) is 22.4. The number of nitriles is 1. The number of aromatic hydroxyl groups is 1. The largest absolute Gasteiger partial charge is 0.505 e. The van der Waals surface area contributed by atoms with Crippen molar-refractivity contribution >= 4 is 23.0 Å². The Morgan fingerprint density at radius 1 is 0.829 bits per heavy atom. The van der Waals surface area contributed by atoms with Gasteiger partial charge in [-0.1, -0.05) is 96.5 Å². The molecule has 0 aromatic heterocycles. The summed E-state index contributed by atoms with van der Waals surface area (Å²) in [5.41, 5.74) is 3.63. The molecule has 35 heavy (non-hydrogen) atoms. The molecule has 0 spiro atoms. The van der Waals surface area contributed by atoms with Crippen LogP contribution < -0.4 is 0 Å². The molecule has 0 aliphatic heterocycles. The fraction of sp³-hybridized carbons (Fsp3) is 0.367. The first-order valence-corrected chi connectivity index (χ1v) is 12.2. The average molecular weight is 488 g/mol. The van der Waals surface area contributed by atoms with E-state index >= 15 is 0 Å². The Bertz CT molecular complexity index is 1280. The van der Waals surface area contributed by atoms with Gasteiger partial charge in [0.1, 0.15) is 17.1 Å². The molecule has 0 radical (unpaired) electrons. The van der Waals surface area contributed by atoms with E-state index in [0.29, 0.717) is 22.0 Å². The van der Waals surface area contributed by atoms with E-state index in [4.69, 9.17) is 11.6 Å². The maximum absolute atomic E-state index is 11.4. The maximum Gasteiger partial charge on any atom is 0.147 e. The van der Waals surface area contributed by atoms with Gasteiger partial charge in [-0.15, -0.1) is 10.2 Å². The molecule has 0 aliphatic rings. The summed E-state index contributed by atoms with van der Waals surface area (Å²) in [6.45, 7) is 15.3. The Balaban J connectivity index is 2.22. The summed E-state index contributed by atoms with van der Waals surface area (Å²) in [5, 5.41) is 29.8. The van der Waals surface area contributed by atoms with Crippen LogP contribution >= 0.6 is 11.6 Å². The number of nitrogens with zero attached hydrogens (tertiary/aromatic N) is 3. The maximum atomic E-state index is 11.4. The van der Waals surface area contributed by atoms with Gasteiger partial charge in [-0.25, -0.2) is 0 Å². The van der Waals surface area contributed by atoms with Crippen LogP contribution in [0.1, 0.15) is 77.1 Å². The molecule has 0 bridgehead atoms. The lowest BCUT2D eigenvalue weighted by Gasteiger charge is -2.35. The first kappa shape index (κ1) is 26.4. The number of phenols is 1. The van der Waals surface area contributed by atoms with Gasteiger partial charge in [0.15, 0.2) is 0 Å². The third-order valence-corrected chi connectivity index (χ3v) is 6.67. The minimum absolute atomic E-state index is 0.0884. The van der Waals surface area contributed by atoms with Crippen LogP contribution in [-0.2, 0) is 10.8 Å². The Kier molecular flexibility index (Phi) is 7.43. The van der Waals surface area contributed by atoms with Gasteiger partial charge in [0.2, 0.25) is 0 Å². The van der Waals surface area contributed by atoms with E-state index < -0.39 is 5.41 Å². The molecule has 4 nitrogen and oxygen atoms in total. The fourth-order valence-electron chi connectivity index (χ4n) is 4.77. The van der Waals surface area contributed by atoms with Crippen LogP contribution in [0.3, 0.4) is 0 Å². The minimum atomic E-state index is -0.470. The minimum Gasteiger partial charge on any atom is -0.505 e. The van der Waals surface area contributed by atoms with Crippen molar-refractivity contribution in [3.63, 3.8) is 0 Å². The number of hydrogen-bond acceptors (Lipinski definition) is 4. The van der Waals surface area contributed by atoms with Crippen molar-refractivity contribution in [2.24, 2.45) is 15.6 Å². The zero-order chi connectivity index (χ0) is 26.0. The van der Waals surface area contributed by atoms with Crippen molar-refractivity contribution in [2.75, 3.05) is 0 Å². The van der Waals surface area contributed by atoms with Crippen LogP contribution in [-0.4, -0.2) is 5.11 Å². The highest BCUT2D eigenvalue weighted by atomic mass is 35.5. The molecule has 0 unspecified atom stereocenters. The monoisotopic (exact) mass is 487 g/mol. The molecule has 0 heterocycles. The lowest BCUT2D eigenvalue weighted by atomic mass is 9.70. The van der Waals surface area contributed by atoms with E-state index in [1.54, 1.807) is 18.2 Å². The predicted octanol–water partition coefficient (Wildman–Crippen LogP) is 9.37. The van der Waals surface area contributed by atoms with E-state index in [2.05, 4.69) is 83.0 Å². The number of hydrogen-bond donors (Lipinski definition) is 1. The molecular weight excluding hydrogens is 454 g/mol. The van der Waals surface area contributed by atoms with Gasteiger partial charge < -0.3 is 5.11 Å². The molecule has 5 heteroatoms. The molecule has 3 aromatic rings. The Hall–Kier alpha value is -3.16. The predicted molar refractivity (Wildman–Crippen MR) is 144 cm³/mol. The normalized spacial score (nSPS) is 12.7. The highest BCUT2D eigenvalue weighted by molar-refractivity contribution is 6.33. The van der Waals surface area contributed by atoms with Gasteiger partial charge >= 0.3 is 0 Å². The molecule has 0 amide bonds. The molecule has 0 atom stereocenters. The van der Waals surface area contributed by atoms with E-state index in [0.717, 1.165) is 23.1 Å². The third-order valence-electron chi connectivity index (χ3n) is 6.35. The van der Waals surface area contributed by atoms with Gasteiger partial charge in [-0.2, -0.15) is 5.26 Å². The van der Waals surface area contributed by atoms with Crippen molar-refractivity contribution in [1.82, 2.24) is 0 Å². The van der Waals surface area contributed by atoms with Gasteiger partial charge in [0, 0.05) is 11.0 Å². The van der Waals surface area contributed by atoms with Gasteiger partial charge in [-0.3, -0.25) is 0 Å². The number of phenolic OH excluding ortho intramolecular Hbond substituents is 1. The molecule has 1 N–H and O–H groups in total. The molecule has 182 valence electrons. The summed E-state index contributed by atoms with van der Waals surface area (Å²) in [5.74, 6) is 0.0884. The Labute approximate surface area is 214 Å². The number of halogens is 1.